The van der Waals surface area contributed by atoms with Gasteiger partial charge in [0.1, 0.15) is 11.9 Å². The Morgan fingerprint density at radius 1 is 1.30 bits per heavy atom. The van der Waals surface area contributed by atoms with Crippen molar-refractivity contribution in [2.75, 3.05) is 41.3 Å². The van der Waals surface area contributed by atoms with Crippen LogP contribution >= 0.6 is 0 Å². The smallest absolute Gasteiger partial charge is 0.228 e. The van der Waals surface area contributed by atoms with Crippen LogP contribution in [0.3, 0.4) is 0 Å². The van der Waals surface area contributed by atoms with Gasteiger partial charge in [0.2, 0.25) is 11.8 Å². The van der Waals surface area contributed by atoms with Crippen LogP contribution in [0.1, 0.15) is 24.7 Å². The number of likely N-dealkylation sites (tertiary alicyclic amines) is 1. The number of imidazole rings is 1. The van der Waals surface area contributed by atoms with Crippen LogP contribution in [-0.4, -0.2) is 77.3 Å². The van der Waals surface area contributed by atoms with Crippen molar-refractivity contribution in [3.8, 4) is 0 Å². The third-order valence-corrected chi connectivity index (χ3v) is 4.56. The van der Waals surface area contributed by atoms with Gasteiger partial charge in [-0.25, -0.2) is 4.98 Å². The van der Waals surface area contributed by atoms with Crippen molar-refractivity contribution in [2.24, 2.45) is 13.0 Å². The second-order valence-electron chi connectivity index (χ2n) is 6.55. The summed E-state index contributed by atoms with van der Waals surface area (Å²) in [6, 6.07) is -0.300. The van der Waals surface area contributed by atoms with E-state index in [2.05, 4.69) is 9.88 Å². The summed E-state index contributed by atoms with van der Waals surface area (Å²) < 4.78 is 1.89. The summed E-state index contributed by atoms with van der Waals surface area (Å²) in [5, 5.41) is 0. The summed E-state index contributed by atoms with van der Waals surface area (Å²) in [7, 11) is 9.47. The van der Waals surface area contributed by atoms with Crippen LogP contribution in [-0.2, 0) is 16.6 Å². The molecule has 2 atom stereocenters. The average molecular weight is 321 g/mol. The number of likely N-dealkylation sites (N-methyl/N-ethyl adjacent to an activating group) is 2. The largest absolute Gasteiger partial charge is 0.344 e. The Morgan fingerprint density at radius 2 is 2.00 bits per heavy atom. The minimum Gasteiger partial charge on any atom is -0.344 e. The Kier molecular flexibility index (Phi) is 5.41. The van der Waals surface area contributed by atoms with Crippen molar-refractivity contribution in [3.05, 3.63) is 18.2 Å². The maximum absolute atomic E-state index is 12.9. The predicted molar refractivity (Wildman–Crippen MR) is 87.6 cm³/mol. The SMILES string of the molecule is CN(C)CCN(C)C(=O)[C@H]1CCC(=O)N(C)[C@@H]1c1nccn1C. The van der Waals surface area contributed by atoms with Crippen molar-refractivity contribution in [1.29, 1.82) is 0 Å². The maximum atomic E-state index is 12.9. The van der Waals surface area contributed by atoms with Gasteiger partial charge < -0.3 is 19.3 Å². The molecule has 1 aliphatic rings. The van der Waals surface area contributed by atoms with Crippen molar-refractivity contribution < 1.29 is 9.59 Å². The van der Waals surface area contributed by atoms with Gasteiger partial charge >= 0.3 is 0 Å². The van der Waals surface area contributed by atoms with E-state index in [1.807, 2.05) is 39.0 Å². The van der Waals surface area contributed by atoms with Crippen LogP contribution < -0.4 is 0 Å². The van der Waals surface area contributed by atoms with Crippen molar-refractivity contribution >= 4 is 11.8 Å². The van der Waals surface area contributed by atoms with Crippen LogP contribution in [0.15, 0.2) is 12.4 Å². The first-order valence-electron chi connectivity index (χ1n) is 7.95. The molecule has 0 unspecified atom stereocenters. The molecule has 0 saturated carbocycles. The van der Waals surface area contributed by atoms with E-state index >= 15 is 0 Å². The molecule has 2 amide bonds. The lowest BCUT2D eigenvalue weighted by atomic mass is 9.87. The molecular weight excluding hydrogens is 294 g/mol. The fourth-order valence-corrected chi connectivity index (χ4v) is 3.06. The Morgan fingerprint density at radius 3 is 2.57 bits per heavy atom. The summed E-state index contributed by atoms with van der Waals surface area (Å²) >= 11 is 0. The molecule has 0 aliphatic carbocycles. The zero-order chi connectivity index (χ0) is 17.1. The highest BCUT2D eigenvalue weighted by Crippen LogP contribution is 2.35. The molecule has 0 bridgehead atoms. The monoisotopic (exact) mass is 321 g/mol. The van der Waals surface area contributed by atoms with Gasteiger partial charge in [-0.3, -0.25) is 9.59 Å². The van der Waals surface area contributed by atoms with Gasteiger partial charge in [0.15, 0.2) is 0 Å². The molecule has 0 aromatic carbocycles. The Hall–Kier alpha value is -1.89. The molecule has 0 N–H and O–H groups in total. The molecule has 0 radical (unpaired) electrons. The van der Waals surface area contributed by atoms with Crippen LogP contribution in [0.2, 0.25) is 0 Å². The fourth-order valence-electron chi connectivity index (χ4n) is 3.06. The zero-order valence-corrected chi connectivity index (χ0v) is 14.7. The van der Waals surface area contributed by atoms with E-state index in [0.717, 1.165) is 12.4 Å². The van der Waals surface area contributed by atoms with Gasteiger partial charge in [-0.15, -0.1) is 0 Å². The molecule has 1 fully saturated rings. The quantitative estimate of drug-likeness (QED) is 0.785. The van der Waals surface area contributed by atoms with Crippen molar-refractivity contribution in [3.63, 3.8) is 0 Å². The Labute approximate surface area is 137 Å². The summed E-state index contributed by atoms with van der Waals surface area (Å²) in [5.41, 5.74) is 0. The molecule has 1 aromatic rings. The number of aromatic nitrogens is 2. The molecule has 2 heterocycles. The normalized spacial score (nSPS) is 21.8. The fraction of sp³-hybridized carbons (Fsp3) is 0.688. The topological polar surface area (TPSA) is 61.7 Å². The number of amides is 2. The van der Waals surface area contributed by atoms with E-state index in [4.69, 9.17) is 0 Å². The molecule has 128 valence electrons. The summed E-state index contributed by atoms with van der Waals surface area (Å²) in [4.78, 5) is 34.9. The molecule has 7 nitrogen and oxygen atoms in total. The van der Waals surface area contributed by atoms with Gasteiger partial charge in [0.25, 0.3) is 0 Å². The number of nitrogens with zero attached hydrogens (tertiary/aromatic N) is 5. The first-order chi connectivity index (χ1) is 10.8. The summed E-state index contributed by atoms with van der Waals surface area (Å²) in [6.07, 6.45) is 4.54. The van der Waals surface area contributed by atoms with Gasteiger partial charge in [-0.1, -0.05) is 0 Å². The number of carbonyl (C=O) groups excluding carboxylic acids is 2. The molecule has 1 aromatic heterocycles. The minimum atomic E-state index is -0.300. The molecule has 7 heteroatoms. The predicted octanol–water partition coefficient (Wildman–Crippen LogP) is 0.350. The summed E-state index contributed by atoms with van der Waals surface area (Å²) in [5.74, 6) is 0.670. The number of carbonyl (C=O) groups is 2. The number of piperidine rings is 1. The number of hydrogen-bond acceptors (Lipinski definition) is 4. The zero-order valence-electron chi connectivity index (χ0n) is 14.7. The highest BCUT2D eigenvalue weighted by atomic mass is 16.2. The van der Waals surface area contributed by atoms with E-state index in [0.29, 0.717) is 19.4 Å². The first kappa shape index (κ1) is 17.5. The molecule has 1 aliphatic heterocycles. The molecule has 2 rings (SSSR count). The Bertz CT molecular complexity index is 569. The third-order valence-electron chi connectivity index (χ3n) is 4.56. The van der Waals surface area contributed by atoms with Crippen LogP contribution in [0.4, 0.5) is 0 Å². The standard InChI is InChI=1S/C16H27N5O2/c1-18(2)10-11-20(4)16(23)12-6-7-13(22)21(5)14(12)15-17-8-9-19(15)3/h8-9,12,14H,6-7,10-11H2,1-5H3/t12-,14-/m0/s1. The van der Waals surface area contributed by atoms with E-state index in [1.165, 1.54) is 0 Å². The first-order valence-corrected chi connectivity index (χ1v) is 7.95. The average Bonchev–Trinajstić information content (AvgIpc) is 2.92. The molecular formula is C16H27N5O2. The highest BCUT2D eigenvalue weighted by Gasteiger charge is 2.41. The van der Waals surface area contributed by atoms with Crippen LogP contribution in [0.5, 0.6) is 0 Å². The van der Waals surface area contributed by atoms with E-state index in [9.17, 15) is 9.59 Å². The second kappa shape index (κ2) is 7.12. The lowest BCUT2D eigenvalue weighted by Gasteiger charge is -2.39. The second-order valence-corrected chi connectivity index (χ2v) is 6.55. The van der Waals surface area contributed by atoms with Crippen LogP contribution in [0.25, 0.3) is 0 Å². The van der Waals surface area contributed by atoms with Crippen LogP contribution in [0, 0.1) is 5.92 Å². The molecule has 0 spiro atoms. The van der Waals surface area contributed by atoms with Gasteiger partial charge in [0, 0.05) is 53.0 Å². The lowest BCUT2D eigenvalue weighted by molar-refractivity contribution is -0.146. The lowest BCUT2D eigenvalue weighted by Crippen LogP contribution is -2.48. The van der Waals surface area contributed by atoms with Gasteiger partial charge in [0.05, 0.1) is 5.92 Å². The summed E-state index contributed by atoms with van der Waals surface area (Å²) in [6.45, 7) is 1.49. The van der Waals surface area contributed by atoms with E-state index in [-0.39, 0.29) is 23.8 Å². The minimum absolute atomic E-state index is 0.0676. The van der Waals surface area contributed by atoms with E-state index in [1.54, 1.807) is 23.0 Å². The number of rotatable bonds is 5. The maximum Gasteiger partial charge on any atom is 0.228 e. The van der Waals surface area contributed by atoms with Gasteiger partial charge in [-0.05, 0) is 20.5 Å². The molecule has 23 heavy (non-hydrogen) atoms. The van der Waals surface area contributed by atoms with E-state index < -0.39 is 0 Å². The van der Waals surface area contributed by atoms with Gasteiger partial charge in [-0.2, -0.15) is 0 Å². The Balaban J connectivity index is 2.22. The van der Waals surface area contributed by atoms with Crippen molar-refractivity contribution in [1.82, 2.24) is 24.3 Å². The number of aryl methyl sites for hydroxylation is 1. The highest BCUT2D eigenvalue weighted by molar-refractivity contribution is 5.84. The molecule has 1 saturated heterocycles. The third kappa shape index (κ3) is 3.72. The van der Waals surface area contributed by atoms with Crippen molar-refractivity contribution in [2.45, 2.75) is 18.9 Å². The number of hydrogen-bond donors (Lipinski definition) is 0.